The molecule has 0 amide bonds. The van der Waals surface area contributed by atoms with Crippen LogP contribution in [0.1, 0.15) is 19.0 Å². The van der Waals surface area contributed by atoms with Crippen molar-refractivity contribution in [1.82, 2.24) is 9.78 Å². The molecule has 6 heteroatoms. The van der Waals surface area contributed by atoms with Gasteiger partial charge in [0.1, 0.15) is 0 Å². The molecule has 1 aromatic rings. The lowest BCUT2D eigenvalue weighted by Gasteiger charge is -2.23. The summed E-state index contributed by atoms with van der Waals surface area (Å²) in [6, 6.07) is 0. The molecular weight excluding hydrogens is 233 g/mol. The standard InChI is InChI=1S/C10H17ClFN3O/c1-3-10(12,7-13)9-8(11)6-14-15(9)4-5-16-2/h6H,3-5,7,13H2,1-2H3. The molecule has 0 saturated carbocycles. The minimum absolute atomic E-state index is 0.109. The summed E-state index contributed by atoms with van der Waals surface area (Å²) in [5, 5.41) is 4.34. The Hall–Kier alpha value is -0.650. The van der Waals surface area contributed by atoms with Crippen molar-refractivity contribution in [3.8, 4) is 0 Å². The van der Waals surface area contributed by atoms with Crippen LogP contribution in [0.5, 0.6) is 0 Å². The van der Waals surface area contributed by atoms with Crippen LogP contribution in [0.2, 0.25) is 5.02 Å². The molecule has 0 spiro atoms. The molecule has 16 heavy (non-hydrogen) atoms. The fourth-order valence-corrected chi connectivity index (χ4v) is 1.87. The first-order chi connectivity index (χ1) is 7.59. The summed E-state index contributed by atoms with van der Waals surface area (Å²) in [6.45, 7) is 2.54. The fraction of sp³-hybridized carbons (Fsp3) is 0.700. The third-order valence-corrected chi connectivity index (χ3v) is 2.89. The largest absolute Gasteiger partial charge is 0.383 e. The number of halogens is 2. The molecular formula is C10H17ClFN3O. The number of alkyl halides is 1. The van der Waals surface area contributed by atoms with E-state index in [1.165, 1.54) is 10.9 Å². The molecule has 0 fully saturated rings. The zero-order valence-corrected chi connectivity index (χ0v) is 10.3. The summed E-state index contributed by atoms with van der Waals surface area (Å²) in [6.07, 6.45) is 1.70. The van der Waals surface area contributed by atoms with Crippen molar-refractivity contribution in [3.05, 3.63) is 16.9 Å². The molecule has 0 saturated heterocycles. The summed E-state index contributed by atoms with van der Waals surface area (Å²) < 4.78 is 20.9. The van der Waals surface area contributed by atoms with Crippen molar-refractivity contribution in [3.63, 3.8) is 0 Å². The van der Waals surface area contributed by atoms with Crippen molar-refractivity contribution in [2.24, 2.45) is 5.73 Å². The smallest absolute Gasteiger partial charge is 0.165 e. The van der Waals surface area contributed by atoms with Crippen LogP contribution < -0.4 is 5.73 Å². The van der Waals surface area contributed by atoms with Crippen LogP contribution in [0, 0.1) is 0 Å². The molecule has 0 bridgehead atoms. The van der Waals surface area contributed by atoms with Gasteiger partial charge < -0.3 is 10.5 Å². The van der Waals surface area contributed by atoms with E-state index >= 15 is 0 Å². The zero-order valence-electron chi connectivity index (χ0n) is 9.54. The van der Waals surface area contributed by atoms with E-state index in [2.05, 4.69) is 5.10 Å². The van der Waals surface area contributed by atoms with E-state index in [0.29, 0.717) is 23.9 Å². The molecule has 0 aromatic carbocycles. The normalized spacial score (nSPS) is 15.1. The van der Waals surface area contributed by atoms with E-state index in [-0.39, 0.29) is 13.0 Å². The minimum Gasteiger partial charge on any atom is -0.383 e. The number of nitrogens with zero attached hydrogens (tertiary/aromatic N) is 2. The first-order valence-corrected chi connectivity index (χ1v) is 5.56. The van der Waals surface area contributed by atoms with E-state index in [9.17, 15) is 4.39 Å². The number of hydrogen-bond donors (Lipinski definition) is 1. The molecule has 1 unspecified atom stereocenters. The molecule has 0 radical (unpaired) electrons. The Kier molecular flexibility index (Phi) is 4.70. The third kappa shape index (κ3) is 2.53. The highest BCUT2D eigenvalue weighted by Gasteiger charge is 2.34. The number of ether oxygens (including phenoxy) is 1. The van der Waals surface area contributed by atoms with Gasteiger partial charge in [0.05, 0.1) is 30.1 Å². The topological polar surface area (TPSA) is 53.1 Å². The Bertz CT molecular complexity index is 339. The molecule has 1 rings (SSSR count). The van der Waals surface area contributed by atoms with Gasteiger partial charge in [0.2, 0.25) is 0 Å². The number of rotatable bonds is 6. The second-order valence-corrected chi connectivity index (χ2v) is 3.99. The number of aromatic nitrogens is 2. The minimum atomic E-state index is -1.62. The van der Waals surface area contributed by atoms with E-state index in [1.807, 2.05) is 0 Å². The lowest BCUT2D eigenvalue weighted by molar-refractivity contribution is 0.142. The first-order valence-electron chi connectivity index (χ1n) is 5.18. The van der Waals surface area contributed by atoms with Crippen LogP contribution in [0.4, 0.5) is 4.39 Å². The maximum absolute atomic E-state index is 14.5. The van der Waals surface area contributed by atoms with Crippen LogP contribution in [0.15, 0.2) is 6.20 Å². The Morgan fingerprint density at radius 3 is 2.88 bits per heavy atom. The van der Waals surface area contributed by atoms with Crippen molar-refractivity contribution in [1.29, 1.82) is 0 Å². The Morgan fingerprint density at radius 1 is 1.69 bits per heavy atom. The highest BCUT2D eigenvalue weighted by atomic mass is 35.5. The maximum Gasteiger partial charge on any atom is 0.165 e. The predicted octanol–water partition coefficient (Wildman–Crippen LogP) is 1.72. The van der Waals surface area contributed by atoms with E-state index in [1.54, 1.807) is 14.0 Å². The summed E-state index contributed by atoms with van der Waals surface area (Å²) in [4.78, 5) is 0. The van der Waals surface area contributed by atoms with Gasteiger partial charge in [-0.3, -0.25) is 4.68 Å². The molecule has 0 aliphatic heterocycles. The molecule has 4 nitrogen and oxygen atoms in total. The third-order valence-electron chi connectivity index (χ3n) is 2.61. The van der Waals surface area contributed by atoms with Crippen LogP contribution in [0.25, 0.3) is 0 Å². The van der Waals surface area contributed by atoms with Crippen molar-refractivity contribution in [2.75, 3.05) is 20.3 Å². The Balaban J connectivity index is 3.04. The van der Waals surface area contributed by atoms with Gasteiger partial charge >= 0.3 is 0 Å². The molecule has 0 aliphatic carbocycles. The fourth-order valence-electron chi connectivity index (χ4n) is 1.56. The highest BCUT2D eigenvalue weighted by molar-refractivity contribution is 6.31. The second-order valence-electron chi connectivity index (χ2n) is 3.58. The zero-order chi connectivity index (χ0) is 12.2. The number of nitrogens with two attached hydrogens (primary N) is 1. The second kappa shape index (κ2) is 5.61. The van der Waals surface area contributed by atoms with E-state index < -0.39 is 5.67 Å². The van der Waals surface area contributed by atoms with Crippen LogP contribution in [-0.4, -0.2) is 30.0 Å². The number of methoxy groups -OCH3 is 1. The molecule has 92 valence electrons. The van der Waals surface area contributed by atoms with Gasteiger partial charge in [-0.15, -0.1) is 0 Å². The average Bonchev–Trinajstić information content (AvgIpc) is 2.67. The summed E-state index contributed by atoms with van der Waals surface area (Å²) >= 11 is 5.95. The van der Waals surface area contributed by atoms with Gasteiger partial charge in [-0.25, -0.2) is 4.39 Å². The van der Waals surface area contributed by atoms with Crippen molar-refractivity contribution in [2.45, 2.75) is 25.6 Å². The summed E-state index contributed by atoms with van der Waals surface area (Å²) in [5.41, 5.74) is 4.19. The average molecular weight is 250 g/mol. The SMILES string of the molecule is CCC(F)(CN)c1c(Cl)cnn1CCOC. The van der Waals surface area contributed by atoms with Gasteiger partial charge in [0.25, 0.3) is 0 Å². The van der Waals surface area contributed by atoms with Gasteiger partial charge in [-0.1, -0.05) is 18.5 Å². The Labute approximate surface area is 99.5 Å². The molecule has 1 heterocycles. The van der Waals surface area contributed by atoms with Gasteiger partial charge in [-0.05, 0) is 6.42 Å². The molecule has 2 N–H and O–H groups in total. The van der Waals surface area contributed by atoms with Gasteiger partial charge in [0.15, 0.2) is 5.67 Å². The van der Waals surface area contributed by atoms with Crippen molar-refractivity contribution >= 4 is 11.6 Å². The van der Waals surface area contributed by atoms with Crippen molar-refractivity contribution < 1.29 is 9.13 Å². The van der Waals surface area contributed by atoms with Gasteiger partial charge in [-0.2, -0.15) is 5.10 Å². The van der Waals surface area contributed by atoms with Crippen LogP contribution in [0.3, 0.4) is 0 Å². The summed E-state index contributed by atoms with van der Waals surface area (Å²) in [7, 11) is 1.58. The highest BCUT2D eigenvalue weighted by Crippen LogP contribution is 2.33. The van der Waals surface area contributed by atoms with Crippen LogP contribution in [-0.2, 0) is 17.0 Å². The lowest BCUT2D eigenvalue weighted by Crippen LogP contribution is -2.33. The Morgan fingerprint density at radius 2 is 2.38 bits per heavy atom. The number of hydrogen-bond acceptors (Lipinski definition) is 3. The predicted molar refractivity (Wildman–Crippen MR) is 61.2 cm³/mol. The summed E-state index contributed by atoms with van der Waals surface area (Å²) in [5.74, 6) is 0. The van der Waals surface area contributed by atoms with E-state index in [4.69, 9.17) is 22.1 Å². The van der Waals surface area contributed by atoms with E-state index in [0.717, 1.165) is 0 Å². The molecule has 1 aromatic heterocycles. The van der Waals surface area contributed by atoms with Crippen LogP contribution >= 0.6 is 11.6 Å². The molecule has 1 atom stereocenters. The lowest BCUT2D eigenvalue weighted by atomic mass is 9.99. The molecule has 0 aliphatic rings. The quantitative estimate of drug-likeness (QED) is 0.835. The maximum atomic E-state index is 14.5. The van der Waals surface area contributed by atoms with Gasteiger partial charge in [0, 0.05) is 13.7 Å². The first kappa shape index (κ1) is 13.4. The monoisotopic (exact) mass is 249 g/mol.